The van der Waals surface area contributed by atoms with Crippen molar-refractivity contribution in [3.63, 3.8) is 0 Å². The maximum atomic E-state index is 12.7. The van der Waals surface area contributed by atoms with Crippen LogP contribution in [-0.4, -0.2) is 6.43 Å². The Labute approximate surface area is 95.8 Å². The zero-order chi connectivity index (χ0) is 12.4. The molecule has 17 heavy (non-hydrogen) atoms. The minimum atomic E-state index is -2.68. The number of benzene rings is 1. The number of halogens is 3. The first-order valence-corrected chi connectivity index (χ1v) is 4.97. The average molecular weight is 241 g/mol. The highest BCUT2D eigenvalue weighted by molar-refractivity contribution is 5.57. The largest absolute Gasteiger partial charge is 0.459 e. The van der Waals surface area contributed by atoms with Gasteiger partial charge in [0.1, 0.15) is 23.4 Å². The lowest BCUT2D eigenvalue weighted by molar-refractivity contribution is 0.107. The Hall–Kier alpha value is -1.75. The molecule has 2 nitrogen and oxygen atoms in total. The van der Waals surface area contributed by atoms with Crippen LogP contribution in [0.5, 0.6) is 0 Å². The van der Waals surface area contributed by atoms with Crippen LogP contribution in [0.1, 0.15) is 11.8 Å². The van der Waals surface area contributed by atoms with Crippen LogP contribution in [0, 0.1) is 5.82 Å². The monoisotopic (exact) mass is 241 g/mol. The van der Waals surface area contributed by atoms with Crippen LogP contribution in [0.25, 0.3) is 11.3 Å². The van der Waals surface area contributed by atoms with Gasteiger partial charge in [-0.3, -0.25) is 0 Å². The Morgan fingerprint density at radius 1 is 1.00 bits per heavy atom. The zero-order valence-corrected chi connectivity index (χ0v) is 8.74. The van der Waals surface area contributed by atoms with Gasteiger partial charge in [-0.1, -0.05) is 0 Å². The van der Waals surface area contributed by atoms with E-state index in [2.05, 4.69) is 0 Å². The third-order valence-corrected chi connectivity index (χ3v) is 2.36. The van der Waals surface area contributed by atoms with Gasteiger partial charge in [0.25, 0.3) is 6.43 Å². The van der Waals surface area contributed by atoms with E-state index >= 15 is 0 Å². The third-order valence-electron chi connectivity index (χ3n) is 2.36. The molecule has 0 amide bonds. The first-order valence-electron chi connectivity index (χ1n) is 4.97. The molecule has 0 aliphatic rings. The fourth-order valence-corrected chi connectivity index (χ4v) is 1.43. The molecule has 2 N–H and O–H groups in total. The van der Waals surface area contributed by atoms with Crippen LogP contribution >= 0.6 is 0 Å². The Bertz CT molecular complexity index is 493. The van der Waals surface area contributed by atoms with Gasteiger partial charge in [0.05, 0.1) is 0 Å². The Kier molecular flexibility index (Phi) is 3.19. The van der Waals surface area contributed by atoms with Gasteiger partial charge in [0.15, 0.2) is 0 Å². The normalized spacial score (nSPS) is 13.0. The zero-order valence-electron chi connectivity index (χ0n) is 8.74. The predicted molar refractivity (Wildman–Crippen MR) is 57.0 cm³/mol. The molecule has 1 aromatic heterocycles. The van der Waals surface area contributed by atoms with Crippen molar-refractivity contribution in [1.82, 2.24) is 0 Å². The number of rotatable bonds is 3. The number of hydrogen-bond donors (Lipinski definition) is 1. The summed E-state index contributed by atoms with van der Waals surface area (Å²) in [4.78, 5) is 0. The SMILES string of the molecule is NC(c1ccc(-c2ccc(F)cc2)o1)C(F)F. The predicted octanol–water partition coefficient (Wildman–Crippen LogP) is 3.35. The van der Waals surface area contributed by atoms with Gasteiger partial charge in [0, 0.05) is 5.56 Å². The first kappa shape index (κ1) is 11.7. The van der Waals surface area contributed by atoms with Gasteiger partial charge in [-0.2, -0.15) is 0 Å². The number of hydrogen-bond acceptors (Lipinski definition) is 2. The van der Waals surface area contributed by atoms with E-state index < -0.39 is 12.5 Å². The van der Waals surface area contributed by atoms with Gasteiger partial charge in [-0.05, 0) is 36.4 Å². The molecular formula is C12H10F3NO. The summed E-state index contributed by atoms with van der Waals surface area (Å²) in [5.41, 5.74) is 5.86. The Morgan fingerprint density at radius 3 is 2.24 bits per heavy atom. The van der Waals surface area contributed by atoms with Crippen LogP contribution < -0.4 is 5.73 Å². The second kappa shape index (κ2) is 4.63. The van der Waals surface area contributed by atoms with E-state index in [1.165, 1.54) is 36.4 Å². The van der Waals surface area contributed by atoms with Crippen molar-refractivity contribution in [3.8, 4) is 11.3 Å². The molecule has 0 aliphatic carbocycles. The molecule has 0 bridgehead atoms. The molecule has 0 radical (unpaired) electrons. The van der Waals surface area contributed by atoms with E-state index in [9.17, 15) is 13.2 Å². The minimum absolute atomic E-state index is 0.0133. The van der Waals surface area contributed by atoms with Crippen LogP contribution in [-0.2, 0) is 0 Å². The van der Waals surface area contributed by atoms with Gasteiger partial charge in [-0.25, -0.2) is 13.2 Å². The summed E-state index contributed by atoms with van der Waals surface area (Å²) >= 11 is 0. The van der Waals surface area contributed by atoms with Crippen LogP contribution in [0.2, 0.25) is 0 Å². The van der Waals surface area contributed by atoms with E-state index in [0.717, 1.165) is 0 Å². The highest BCUT2D eigenvalue weighted by Crippen LogP contribution is 2.26. The van der Waals surface area contributed by atoms with Gasteiger partial charge >= 0.3 is 0 Å². The van der Waals surface area contributed by atoms with E-state index in [-0.39, 0.29) is 11.6 Å². The van der Waals surface area contributed by atoms with Gasteiger partial charge in [0.2, 0.25) is 0 Å². The van der Waals surface area contributed by atoms with Crippen molar-refractivity contribution >= 4 is 0 Å². The molecule has 0 saturated heterocycles. The van der Waals surface area contributed by atoms with Crippen molar-refractivity contribution < 1.29 is 17.6 Å². The van der Waals surface area contributed by atoms with E-state index in [1.54, 1.807) is 0 Å². The fourth-order valence-electron chi connectivity index (χ4n) is 1.43. The molecule has 0 aliphatic heterocycles. The first-order chi connectivity index (χ1) is 8.08. The maximum absolute atomic E-state index is 12.7. The molecule has 90 valence electrons. The number of nitrogens with two attached hydrogens (primary N) is 1. The molecule has 0 spiro atoms. The van der Waals surface area contributed by atoms with Crippen molar-refractivity contribution in [2.75, 3.05) is 0 Å². The van der Waals surface area contributed by atoms with Crippen molar-refractivity contribution in [1.29, 1.82) is 0 Å². The summed E-state index contributed by atoms with van der Waals surface area (Å²) in [6, 6.07) is 7.04. The quantitative estimate of drug-likeness (QED) is 0.894. The van der Waals surface area contributed by atoms with E-state index in [1.807, 2.05) is 0 Å². The summed E-state index contributed by atoms with van der Waals surface area (Å²) in [5, 5.41) is 0. The molecule has 0 fully saturated rings. The second-order valence-electron chi connectivity index (χ2n) is 3.57. The Morgan fingerprint density at radius 2 is 1.65 bits per heavy atom. The summed E-state index contributed by atoms with van der Waals surface area (Å²) in [6.45, 7) is 0. The van der Waals surface area contributed by atoms with Crippen molar-refractivity contribution in [2.45, 2.75) is 12.5 Å². The fraction of sp³-hybridized carbons (Fsp3) is 0.167. The van der Waals surface area contributed by atoms with Gasteiger partial charge in [-0.15, -0.1) is 0 Å². The summed E-state index contributed by atoms with van der Waals surface area (Å²) in [7, 11) is 0. The molecule has 0 saturated carbocycles. The Balaban J connectivity index is 2.26. The van der Waals surface area contributed by atoms with E-state index in [0.29, 0.717) is 11.3 Å². The van der Waals surface area contributed by atoms with Gasteiger partial charge < -0.3 is 10.2 Å². The second-order valence-corrected chi connectivity index (χ2v) is 3.57. The van der Waals surface area contributed by atoms with Crippen LogP contribution in [0.4, 0.5) is 13.2 Å². The molecule has 1 atom stereocenters. The lowest BCUT2D eigenvalue weighted by atomic mass is 10.2. The molecular weight excluding hydrogens is 231 g/mol. The highest BCUT2D eigenvalue weighted by atomic mass is 19.3. The summed E-state index contributed by atoms with van der Waals surface area (Å²) in [5.74, 6) is 0.0280. The molecule has 1 heterocycles. The van der Waals surface area contributed by atoms with Crippen molar-refractivity contribution in [2.24, 2.45) is 5.73 Å². The highest BCUT2D eigenvalue weighted by Gasteiger charge is 2.21. The number of alkyl halides is 2. The molecule has 1 unspecified atom stereocenters. The lowest BCUT2D eigenvalue weighted by Gasteiger charge is -2.06. The third kappa shape index (κ3) is 2.50. The number of furan rings is 1. The minimum Gasteiger partial charge on any atom is -0.459 e. The smallest absolute Gasteiger partial charge is 0.260 e. The van der Waals surface area contributed by atoms with Crippen LogP contribution in [0.15, 0.2) is 40.8 Å². The topological polar surface area (TPSA) is 39.2 Å². The van der Waals surface area contributed by atoms with Crippen LogP contribution in [0.3, 0.4) is 0 Å². The standard InChI is InChI=1S/C12H10F3NO/c13-8-3-1-7(2-4-8)9-5-6-10(17-9)11(16)12(14)15/h1-6,11-12H,16H2. The molecule has 5 heteroatoms. The average Bonchev–Trinajstić information content (AvgIpc) is 2.78. The molecule has 2 aromatic rings. The molecule has 1 aromatic carbocycles. The van der Waals surface area contributed by atoms with E-state index in [4.69, 9.17) is 10.2 Å². The van der Waals surface area contributed by atoms with Crippen molar-refractivity contribution in [3.05, 3.63) is 48.0 Å². The molecule has 2 rings (SSSR count). The summed E-state index contributed by atoms with van der Waals surface area (Å²) < 4.78 is 42.6. The lowest BCUT2D eigenvalue weighted by Crippen LogP contribution is -2.17. The summed E-state index contributed by atoms with van der Waals surface area (Å²) in [6.07, 6.45) is -2.68. The maximum Gasteiger partial charge on any atom is 0.260 e.